The molecule has 2 rings (SSSR count). The third-order valence-electron chi connectivity index (χ3n) is 4.90. The van der Waals surface area contributed by atoms with E-state index < -0.39 is 6.43 Å². The highest BCUT2D eigenvalue weighted by atomic mass is 19.3. The van der Waals surface area contributed by atoms with Gasteiger partial charge >= 0.3 is 0 Å². The SMILES string of the molecule is CN=C(NCCOc1ccccc1C(C)(C)C)NC1CCN(CC(F)F)CC1. The van der Waals surface area contributed by atoms with E-state index in [1.165, 1.54) is 5.56 Å². The number of aliphatic imine (C=N–C) groups is 1. The largest absolute Gasteiger partial charge is 0.491 e. The first kappa shape index (κ1) is 22.4. The van der Waals surface area contributed by atoms with Crippen LogP contribution in [0.1, 0.15) is 39.2 Å². The fourth-order valence-corrected chi connectivity index (χ4v) is 3.39. The number of hydrogen-bond acceptors (Lipinski definition) is 3. The number of ether oxygens (including phenoxy) is 1. The van der Waals surface area contributed by atoms with E-state index in [0.717, 1.165) is 24.6 Å². The van der Waals surface area contributed by atoms with Crippen molar-refractivity contribution in [1.82, 2.24) is 15.5 Å². The standard InChI is InChI=1S/C21H34F2N4O/c1-21(2,3)17-7-5-6-8-18(17)28-14-11-25-20(24-4)26-16-9-12-27(13-10-16)15-19(22)23/h5-8,16,19H,9-15H2,1-4H3,(H2,24,25,26). The van der Waals surface area contributed by atoms with Crippen LogP contribution in [0.5, 0.6) is 5.75 Å². The Balaban J connectivity index is 1.73. The van der Waals surface area contributed by atoms with E-state index in [-0.39, 0.29) is 18.0 Å². The van der Waals surface area contributed by atoms with Gasteiger partial charge in [-0.25, -0.2) is 8.78 Å². The molecule has 1 aliphatic heterocycles. The fourth-order valence-electron chi connectivity index (χ4n) is 3.39. The topological polar surface area (TPSA) is 48.9 Å². The smallest absolute Gasteiger partial charge is 0.251 e. The number of alkyl halides is 2. The zero-order valence-corrected chi connectivity index (χ0v) is 17.5. The summed E-state index contributed by atoms with van der Waals surface area (Å²) < 4.78 is 30.9. The summed E-state index contributed by atoms with van der Waals surface area (Å²) >= 11 is 0. The van der Waals surface area contributed by atoms with Gasteiger partial charge in [0.15, 0.2) is 5.96 Å². The number of guanidine groups is 1. The van der Waals surface area contributed by atoms with Crippen LogP contribution in [0.25, 0.3) is 0 Å². The van der Waals surface area contributed by atoms with E-state index in [1.807, 2.05) is 23.1 Å². The molecule has 0 bridgehead atoms. The van der Waals surface area contributed by atoms with Crippen molar-refractivity contribution in [2.75, 3.05) is 39.8 Å². The van der Waals surface area contributed by atoms with E-state index in [4.69, 9.17) is 4.74 Å². The second kappa shape index (κ2) is 10.6. The van der Waals surface area contributed by atoms with Gasteiger partial charge in [-0.3, -0.25) is 9.89 Å². The number of nitrogens with one attached hydrogen (secondary N) is 2. The molecule has 0 unspecified atom stereocenters. The maximum atomic E-state index is 12.5. The monoisotopic (exact) mass is 396 g/mol. The van der Waals surface area contributed by atoms with Crippen molar-refractivity contribution in [3.05, 3.63) is 29.8 Å². The quantitative estimate of drug-likeness (QED) is 0.422. The first-order valence-corrected chi connectivity index (χ1v) is 9.99. The van der Waals surface area contributed by atoms with Crippen molar-refractivity contribution in [2.45, 2.75) is 51.5 Å². The number of rotatable bonds is 7. The molecule has 1 saturated heterocycles. The number of halogens is 2. The lowest BCUT2D eigenvalue weighted by Crippen LogP contribution is -2.49. The van der Waals surface area contributed by atoms with E-state index in [2.05, 4.69) is 42.5 Å². The number of benzene rings is 1. The first-order valence-electron chi connectivity index (χ1n) is 9.99. The lowest BCUT2D eigenvalue weighted by molar-refractivity contribution is 0.0744. The lowest BCUT2D eigenvalue weighted by atomic mass is 9.86. The third kappa shape index (κ3) is 7.26. The summed E-state index contributed by atoms with van der Waals surface area (Å²) in [6.07, 6.45) is -0.589. The number of likely N-dealkylation sites (tertiary alicyclic amines) is 1. The molecule has 0 saturated carbocycles. The molecule has 1 aromatic carbocycles. The highest BCUT2D eigenvalue weighted by Crippen LogP contribution is 2.30. The molecule has 1 aromatic rings. The lowest BCUT2D eigenvalue weighted by Gasteiger charge is -2.32. The molecule has 7 heteroatoms. The summed E-state index contributed by atoms with van der Waals surface area (Å²) in [5.74, 6) is 1.63. The van der Waals surface area contributed by atoms with E-state index in [0.29, 0.717) is 26.2 Å². The second-order valence-corrected chi connectivity index (χ2v) is 8.20. The van der Waals surface area contributed by atoms with Gasteiger partial charge in [0.1, 0.15) is 12.4 Å². The van der Waals surface area contributed by atoms with Crippen LogP contribution in [0.15, 0.2) is 29.3 Å². The molecule has 0 radical (unpaired) electrons. The minimum absolute atomic E-state index is 0.0286. The Bertz CT molecular complexity index is 623. The van der Waals surface area contributed by atoms with Gasteiger partial charge in [-0.2, -0.15) is 0 Å². The van der Waals surface area contributed by atoms with Gasteiger partial charge in [0.05, 0.1) is 13.1 Å². The summed E-state index contributed by atoms with van der Waals surface area (Å²) in [5.41, 5.74) is 1.22. The van der Waals surface area contributed by atoms with Crippen molar-refractivity contribution in [2.24, 2.45) is 4.99 Å². The van der Waals surface area contributed by atoms with Gasteiger partial charge in [-0.05, 0) is 29.9 Å². The molecule has 1 aliphatic rings. The molecule has 1 heterocycles. The molecule has 5 nitrogen and oxygen atoms in total. The number of nitrogens with zero attached hydrogens (tertiary/aromatic N) is 2. The van der Waals surface area contributed by atoms with Crippen LogP contribution in [0.4, 0.5) is 8.78 Å². The van der Waals surface area contributed by atoms with Crippen molar-refractivity contribution in [3.8, 4) is 5.75 Å². The van der Waals surface area contributed by atoms with E-state index in [1.54, 1.807) is 7.05 Å². The highest BCUT2D eigenvalue weighted by molar-refractivity contribution is 5.79. The summed E-state index contributed by atoms with van der Waals surface area (Å²) in [7, 11) is 1.73. The predicted molar refractivity (Wildman–Crippen MR) is 111 cm³/mol. The van der Waals surface area contributed by atoms with Crippen LogP contribution < -0.4 is 15.4 Å². The average Bonchev–Trinajstić information content (AvgIpc) is 2.64. The van der Waals surface area contributed by atoms with Gasteiger partial charge in [0.2, 0.25) is 0 Å². The van der Waals surface area contributed by atoms with Crippen LogP contribution in [-0.2, 0) is 5.41 Å². The summed E-state index contributed by atoms with van der Waals surface area (Å²) in [6, 6.07) is 8.37. The molecule has 1 fully saturated rings. The third-order valence-corrected chi connectivity index (χ3v) is 4.90. The zero-order valence-electron chi connectivity index (χ0n) is 17.5. The van der Waals surface area contributed by atoms with Gasteiger partial charge < -0.3 is 15.4 Å². The van der Waals surface area contributed by atoms with Crippen molar-refractivity contribution < 1.29 is 13.5 Å². The van der Waals surface area contributed by atoms with Crippen LogP contribution in [0, 0.1) is 0 Å². The highest BCUT2D eigenvalue weighted by Gasteiger charge is 2.22. The van der Waals surface area contributed by atoms with Crippen molar-refractivity contribution >= 4 is 5.96 Å². The molecule has 158 valence electrons. The molecule has 0 aliphatic carbocycles. The van der Waals surface area contributed by atoms with E-state index >= 15 is 0 Å². The Morgan fingerprint density at radius 2 is 1.93 bits per heavy atom. The van der Waals surface area contributed by atoms with Gasteiger partial charge in [0.25, 0.3) is 6.43 Å². The maximum Gasteiger partial charge on any atom is 0.251 e. The summed E-state index contributed by atoms with van der Waals surface area (Å²) in [6.45, 7) is 8.91. The molecule has 0 spiro atoms. The number of para-hydroxylation sites is 1. The van der Waals surface area contributed by atoms with Crippen LogP contribution in [-0.4, -0.2) is 63.2 Å². The minimum Gasteiger partial charge on any atom is -0.491 e. The van der Waals surface area contributed by atoms with Crippen molar-refractivity contribution in [1.29, 1.82) is 0 Å². The Morgan fingerprint density at radius 1 is 1.25 bits per heavy atom. The van der Waals surface area contributed by atoms with Crippen molar-refractivity contribution in [3.63, 3.8) is 0 Å². The molecule has 2 N–H and O–H groups in total. The predicted octanol–water partition coefficient (Wildman–Crippen LogP) is 3.26. The molecule has 0 amide bonds. The van der Waals surface area contributed by atoms with Gasteiger partial charge in [-0.1, -0.05) is 39.0 Å². The first-order chi connectivity index (χ1) is 13.3. The Kier molecular flexibility index (Phi) is 8.48. The Labute approximate surface area is 167 Å². The molecular weight excluding hydrogens is 362 g/mol. The van der Waals surface area contributed by atoms with Crippen LogP contribution in [0.3, 0.4) is 0 Å². The molecule has 0 atom stereocenters. The second-order valence-electron chi connectivity index (χ2n) is 8.20. The molecule has 28 heavy (non-hydrogen) atoms. The number of piperidine rings is 1. The normalized spacial score (nSPS) is 17.0. The zero-order chi connectivity index (χ0) is 20.6. The van der Waals surface area contributed by atoms with E-state index in [9.17, 15) is 8.78 Å². The maximum absolute atomic E-state index is 12.5. The Morgan fingerprint density at radius 3 is 2.54 bits per heavy atom. The molecular formula is C21H34F2N4O. The van der Waals surface area contributed by atoms with Gasteiger partial charge in [0, 0.05) is 26.2 Å². The Hall–Kier alpha value is -1.89. The average molecular weight is 397 g/mol. The fraction of sp³-hybridized carbons (Fsp3) is 0.667. The van der Waals surface area contributed by atoms with Crippen LogP contribution in [0.2, 0.25) is 0 Å². The van der Waals surface area contributed by atoms with Gasteiger partial charge in [-0.15, -0.1) is 0 Å². The number of hydrogen-bond donors (Lipinski definition) is 2. The summed E-state index contributed by atoms with van der Waals surface area (Å²) in [4.78, 5) is 6.08. The van der Waals surface area contributed by atoms with Crippen LogP contribution >= 0.6 is 0 Å². The summed E-state index contributed by atoms with van der Waals surface area (Å²) in [5, 5.41) is 6.65. The minimum atomic E-state index is -2.26. The molecule has 0 aromatic heterocycles.